The van der Waals surface area contributed by atoms with Gasteiger partial charge in [-0.1, -0.05) is 48.5 Å². The first-order valence-electron chi connectivity index (χ1n) is 8.68. The van der Waals surface area contributed by atoms with E-state index in [9.17, 15) is 19.1 Å². The lowest BCUT2D eigenvalue weighted by Gasteiger charge is -2.24. The Labute approximate surface area is 160 Å². The molecule has 0 aliphatic carbocycles. The largest absolute Gasteiger partial charge is 0.507 e. The van der Waals surface area contributed by atoms with Crippen LogP contribution in [0, 0.1) is 5.82 Å². The van der Waals surface area contributed by atoms with Gasteiger partial charge in [0.15, 0.2) is 0 Å². The van der Waals surface area contributed by atoms with Crippen molar-refractivity contribution < 1.29 is 23.5 Å². The number of nitrogens with zero attached hydrogens (tertiary/aromatic N) is 1. The van der Waals surface area contributed by atoms with Gasteiger partial charge in [-0.05, 0) is 18.2 Å². The van der Waals surface area contributed by atoms with Crippen LogP contribution in [-0.4, -0.2) is 21.7 Å². The summed E-state index contributed by atoms with van der Waals surface area (Å²) in [6, 6.07) is 16.6. The first kappa shape index (κ1) is 17.7. The number of hydrogen-bond donors (Lipinski definition) is 1. The predicted octanol–water partition coefficient (Wildman–Crippen LogP) is 4.04. The summed E-state index contributed by atoms with van der Waals surface area (Å²) in [6.45, 7) is -0.0257. The molecular weight excluding hydrogens is 361 g/mol. The molecule has 0 unspecified atom stereocenters. The Hall–Kier alpha value is -3.67. The molecule has 4 rings (SSSR count). The molecule has 1 aromatic heterocycles. The molecule has 0 saturated carbocycles. The number of carbonyl (C=O) groups excluding carboxylic acids is 2. The Balaban J connectivity index is 1.90. The highest BCUT2D eigenvalue weighted by Crippen LogP contribution is 2.41. The fourth-order valence-corrected chi connectivity index (χ4v) is 3.39. The van der Waals surface area contributed by atoms with Crippen molar-refractivity contribution in [3.05, 3.63) is 101 Å². The fourth-order valence-electron chi connectivity index (χ4n) is 3.39. The number of halogens is 1. The molecule has 1 saturated heterocycles. The normalized spacial score (nSPS) is 18.6. The standard InChI is InChI=1S/C22H16FNO4/c23-17-11-5-4-10-16(17)19-18(20(25)14-7-2-1-3-8-14)21(26)22(27)24(19)13-15-9-6-12-28-15/h1-12,19,25H,13H2/t19-/m0/s1. The zero-order valence-electron chi connectivity index (χ0n) is 14.7. The predicted molar refractivity (Wildman–Crippen MR) is 99.4 cm³/mol. The molecule has 1 atom stereocenters. The van der Waals surface area contributed by atoms with Crippen LogP contribution in [0.3, 0.4) is 0 Å². The molecule has 3 aromatic rings. The van der Waals surface area contributed by atoms with Crippen molar-refractivity contribution in [2.24, 2.45) is 0 Å². The maximum atomic E-state index is 14.6. The van der Waals surface area contributed by atoms with Gasteiger partial charge < -0.3 is 14.4 Å². The van der Waals surface area contributed by atoms with E-state index in [0.717, 1.165) is 0 Å². The van der Waals surface area contributed by atoms with Crippen molar-refractivity contribution in [1.82, 2.24) is 4.90 Å². The molecular formula is C22H16FNO4. The molecule has 5 nitrogen and oxygen atoms in total. The molecule has 6 heteroatoms. The van der Waals surface area contributed by atoms with E-state index in [0.29, 0.717) is 11.3 Å². The van der Waals surface area contributed by atoms with Gasteiger partial charge in [-0.25, -0.2) is 4.39 Å². The summed E-state index contributed by atoms with van der Waals surface area (Å²) < 4.78 is 19.9. The number of Topliss-reactive ketones (excluding diaryl/α,β-unsaturated/α-hetero) is 1. The number of carbonyl (C=O) groups is 2. The van der Waals surface area contributed by atoms with Crippen LogP contribution >= 0.6 is 0 Å². The quantitative estimate of drug-likeness (QED) is 0.423. The number of furan rings is 1. The molecule has 1 fully saturated rings. The van der Waals surface area contributed by atoms with Crippen LogP contribution in [0.15, 0.2) is 83.0 Å². The summed E-state index contributed by atoms with van der Waals surface area (Å²) >= 11 is 0. The number of aliphatic hydroxyl groups excluding tert-OH is 1. The van der Waals surface area contributed by atoms with E-state index >= 15 is 0 Å². The number of likely N-dealkylation sites (tertiary alicyclic amines) is 1. The Kier molecular flexibility index (Phi) is 4.53. The molecule has 2 aromatic carbocycles. The molecule has 1 N–H and O–H groups in total. The van der Waals surface area contributed by atoms with Crippen LogP contribution in [0.2, 0.25) is 0 Å². The van der Waals surface area contributed by atoms with Gasteiger partial charge in [0.25, 0.3) is 11.7 Å². The topological polar surface area (TPSA) is 70.8 Å². The molecule has 1 aliphatic heterocycles. The van der Waals surface area contributed by atoms with E-state index in [-0.39, 0.29) is 23.4 Å². The average molecular weight is 377 g/mol. The Bertz CT molecular complexity index is 1060. The van der Waals surface area contributed by atoms with E-state index in [1.807, 2.05) is 0 Å². The second-order valence-corrected chi connectivity index (χ2v) is 6.39. The highest BCUT2D eigenvalue weighted by molar-refractivity contribution is 6.46. The first-order valence-corrected chi connectivity index (χ1v) is 8.68. The minimum Gasteiger partial charge on any atom is -0.507 e. The van der Waals surface area contributed by atoms with E-state index < -0.39 is 23.5 Å². The van der Waals surface area contributed by atoms with Gasteiger partial charge in [0, 0.05) is 11.1 Å². The van der Waals surface area contributed by atoms with Crippen molar-refractivity contribution in [3.63, 3.8) is 0 Å². The van der Waals surface area contributed by atoms with Crippen LogP contribution in [0.25, 0.3) is 5.76 Å². The van der Waals surface area contributed by atoms with Gasteiger partial charge in [-0.3, -0.25) is 9.59 Å². The Morgan fingerprint density at radius 2 is 1.71 bits per heavy atom. The maximum absolute atomic E-state index is 14.6. The fraction of sp³-hybridized carbons (Fsp3) is 0.0909. The van der Waals surface area contributed by atoms with Gasteiger partial charge in [0.1, 0.15) is 17.3 Å². The lowest BCUT2D eigenvalue weighted by atomic mass is 9.95. The average Bonchev–Trinajstić information content (AvgIpc) is 3.31. The summed E-state index contributed by atoms with van der Waals surface area (Å²) in [5.74, 6) is -2.14. The minimum absolute atomic E-state index is 0.0257. The van der Waals surface area contributed by atoms with Crippen molar-refractivity contribution in [3.8, 4) is 0 Å². The van der Waals surface area contributed by atoms with Gasteiger partial charge in [-0.2, -0.15) is 0 Å². The summed E-state index contributed by atoms with van der Waals surface area (Å²) in [6.07, 6.45) is 1.45. The van der Waals surface area contributed by atoms with Crippen LogP contribution < -0.4 is 0 Å². The Morgan fingerprint density at radius 1 is 1.00 bits per heavy atom. The molecule has 28 heavy (non-hydrogen) atoms. The van der Waals surface area contributed by atoms with Crippen LogP contribution in [-0.2, 0) is 16.1 Å². The molecule has 140 valence electrons. The molecule has 2 heterocycles. The summed E-state index contributed by atoms with van der Waals surface area (Å²) in [4.78, 5) is 26.7. The van der Waals surface area contributed by atoms with Gasteiger partial charge in [0.2, 0.25) is 0 Å². The van der Waals surface area contributed by atoms with Crippen LogP contribution in [0.4, 0.5) is 4.39 Å². The van der Waals surface area contributed by atoms with Crippen molar-refractivity contribution in [2.75, 3.05) is 0 Å². The van der Waals surface area contributed by atoms with Crippen LogP contribution in [0.5, 0.6) is 0 Å². The van der Waals surface area contributed by atoms with Crippen molar-refractivity contribution >= 4 is 17.4 Å². The van der Waals surface area contributed by atoms with E-state index in [4.69, 9.17) is 4.42 Å². The summed E-state index contributed by atoms with van der Waals surface area (Å²) in [7, 11) is 0. The minimum atomic E-state index is -1.06. The number of amides is 1. The number of hydrogen-bond acceptors (Lipinski definition) is 4. The maximum Gasteiger partial charge on any atom is 0.296 e. The Morgan fingerprint density at radius 3 is 2.39 bits per heavy atom. The highest BCUT2D eigenvalue weighted by atomic mass is 19.1. The lowest BCUT2D eigenvalue weighted by Crippen LogP contribution is -2.29. The second-order valence-electron chi connectivity index (χ2n) is 6.39. The summed E-state index contributed by atoms with van der Waals surface area (Å²) in [5, 5.41) is 10.8. The van der Waals surface area contributed by atoms with Crippen molar-refractivity contribution in [1.29, 1.82) is 0 Å². The highest BCUT2D eigenvalue weighted by Gasteiger charge is 2.47. The van der Waals surface area contributed by atoms with Gasteiger partial charge >= 0.3 is 0 Å². The third-order valence-corrected chi connectivity index (χ3v) is 4.69. The van der Waals surface area contributed by atoms with Crippen molar-refractivity contribution in [2.45, 2.75) is 12.6 Å². The van der Waals surface area contributed by atoms with Gasteiger partial charge in [-0.15, -0.1) is 0 Å². The van der Waals surface area contributed by atoms with Gasteiger partial charge in [0.05, 0.1) is 24.4 Å². The number of benzene rings is 2. The van der Waals surface area contributed by atoms with E-state index in [1.54, 1.807) is 48.5 Å². The molecule has 0 spiro atoms. The molecule has 1 aliphatic rings. The second kappa shape index (κ2) is 7.15. The third kappa shape index (κ3) is 2.99. The molecule has 0 radical (unpaired) electrons. The SMILES string of the molecule is O=C1C(=O)N(Cc2ccco2)[C@@H](c2ccccc2F)C1=C(O)c1ccccc1. The van der Waals surface area contributed by atoms with Crippen LogP contribution in [0.1, 0.15) is 22.9 Å². The first-order chi connectivity index (χ1) is 13.6. The zero-order chi connectivity index (χ0) is 19.7. The zero-order valence-corrected chi connectivity index (χ0v) is 14.7. The lowest BCUT2D eigenvalue weighted by molar-refractivity contribution is -0.140. The number of aliphatic hydroxyl groups is 1. The third-order valence-electron chi connectivity index (χ3n) is 4.69. The smallest absolute Gasteiger partial charge is 0.296 e. The monoisotopic (exact) mass is 377 g/mol. The molecule has 1 amide bonds. The van der Waals surface area contributed by atoms with E-state index in [2.05, 4.69) is 0 Å². The number of rotatable bonds is 4. The molecule has 0 bridgehead atoms. The number of ketones is 1. The summed E-state index contributed by atoms with van der Waals surface area (Å²) in [5.41, 5.74) is 0.360. The van der Waals surface area contributed by atoms with E-state index in [1.165, 1.54) is 29.4 Å².